The maximum absolute atomic E-state index is 11.8. The second-order valence-electron chi connectivity index (χ2n) is 5.12. The average molecular weight is 314 g/mol. The van der Waals surface area contributed by atoms with Crippen LogP contribution in [-0.2, 0) is 4.79 Å². The Labute approximate surface area is 114 Å². The zero-order chi connectivity index (χ0) is 13.3. The van der Waals surface area contributed by atoms with Gasteiger partial charge in [-0.25, -0.2) is 4.98 Å². The third-order valence-electron chi connectivity index (χ3n) is 2.67. The maximum atomic E-state index is 11.8. The number of nitrogens with two attached hydrogens (primary N) is 1. The SMILES string of the molecule is CC(C)(N)CCC1Oc2cc(Br)cnc2NC1=O. The summed E-state index contributed by atoms with van der Waals surface area (Å²) in [5.41, 5.74) is 5.60. The first-order valence-corrected chi connectivity index (χ1v) is 6.56. The Morgan fingerprint density at radius 2 is 2.33 bits per heavy atom. The van der Waals surface area contributed by atoms with Gasteiger partial charge in [-0.3, -0.25) is 4.79 Å². The van der Waals surface area contributed by atoms with Crippen LogP contribution in [0.1, 0.15) is 26.7 Å². The molecule has 6 heteroatoms. The van der Waals surface area contributed by atoms with Gasteiger partial charge in [0.05, 0.1) is 0 Å². The van der Waals surface area contributed by atoms with Crippen LogP contribution in [-0.4, -0.2) is 22.5 Å². The van der Waals surface area contributed by atoms with Crippen LogP contribution in [0.15, 0.2) is 16.7 Å². The zero-order valence-electron chi connectivity index (χ0n) is 10.4. The van der Waals surface area contributed by atoms with Gasteiger partial charge in [-0.15, -0.1) is 0 Å². The molecule has 18 heavy (non-hydrogen) atoms. The molecule has 0 bridgehead atoms. The number of nitrogens with zero attached hydrogens (tertiary/aromatic N) is 1. The lowest BCUT2D eigenvalue weighted by molar-refractivity contribution is -0.124. The van der Waals surface area contributed by atoms with Crippen LogP contribution >= 0.6 is 15.9 Å². The number of fused-ring (bicyclic) bond motifs is 1. The first-order chi connectivity index (χ1) is 8.35. The summed E-state index contributed by atoms with van der Waals surface area (Å²) in [7, 11) is 0. The van der Waals surface area contributed by atoms with Gasteiger partial charge in [0.15, 0.2) is 17.7 Å². The monoisotopic (exact) mass is 313 g/mol. The highest BCUT2D eigenvalue weighted by Gasteiger charge is 2.29. The molecule has 0 saturated carbocycles. The standard InChI is InChI=1S/C12H16BrN3O2/c1-12(2,14)4-3-8-11(17)16-10-9(18-8)5-7(13)6-15-10/h5-6,8H,3-4,14H2,1-2H3,(H,15,16,17). The van der Waals surface area contributed by atoms with Gasteiger partial charge in [-0.2, -0.15) is 0 Å². The van der Waals surface area contributed by atoms with Crippen LogP contribution in [0.5, 0.6) is 5.75 Å². The molecule has 0 spiro atoms. The van der Waals surface area contributed by atoms with E-state index in [0.717, 1.165) is 4.47 Å². The Morgan fingerprint density at radius 3 is 3.00 bits per heavy atom. The predicted molar refractivity (Wildman–Crippen MR) is 72.5 cm³/mol. The first-order valence-electron chi connectivity index (χ1n) is 5.77. The third-order valence-corrected chi connectivity index (χ3v) is 3.11. The van der Waals surface area contributed by atoms with E-state index in [4.69, 9.17) is 10.5 Å². The molecule has 1 amide bonds. The minimum absolute atomic E-state index is 0.165. The summed E-state index contributed by atoms with van der Waals surface area (Å²) < 4.78 is 6.48. The van der Waals surface area contributed by atoms with Crippen molar-refractivity contribution in [3.8, 4) is 5.75 Å². The van der Waals surface area contributed by atoms with Crippen molar-refractivity contribution in [1.29, 1.82) is 0 Å². The fraction of sp³-hybridized carbons (Fsp3) is 0.500. The number of aromatic nitrogens is 1. The molecule has 0 fully saturated rings. The van der Waals surface area contributed by atoms with E-state index in [0.29, 0.717) is 24.4 Å². The minimum atomic E-state index is -0.503. The second kappa shape index (κ2) is 4.85. The van der Waals surface area contributed by atoms with E-state index in [2.05, 4.69) is 26.2 Å². The highest BCUT2D eigenvalue weighted by atomic mass is 79.9. The molecular formula is C12H16BrN3O2. The van der Waals surface area contributed by atoms with Crippen molar-refractivity contribution in [2.45, 2.75) is 38.3 Å². The highest BCUT2D eigenvalue weighted by molar-refractivity contribution is 9.10. The number of hydrogen-bond acceptors (Lipinski definition) is 4. The van der Waals surface area contributed by atoms with Crippen LogP contribution in [0, 0.1) is 0 Å². The molecule has 2 rings (SSSR count). The van der Waals surface area contributed by atoms with Crippen molar-refractivity contribution in [3.05, 3.63) is 16.7 Å². The van der Waals surface area contributed by atoms with Crippen molar-refractivity contribution in [2.75, 3.05) is 5.32 Å². The maximum Gasteiger partial charge on any atom is 0.266 e. The molecule has 5 nitrogen and oxygen atoms in total. The highest BCUT2D eigenvalue weighted by Crippen LogP contribution is 2.31. The number of pyridine rings is 1. The summed E-state index contributed by atoms with van der Waals surface area (Å²) in [6, 6.07) is 1.79. The van der Waals surface area contributed by atoms with Crippen LogP contribution in [0.3, 0.4) is 0 Å². The van der Waals surface area contributed by atoms with E-state index in [1.54, 1.807) is 12.3 Å². The van der Waals surface area contributed by atoms with Gasteiger partial charge in [0.25, 0.3) is 5.91 Å². The topological polar surface area (TPSA) is 77.2 Å². The second-order valence-corrected chi connectivity index (χ2v) is 6.04. The molecule has 0 aliphatic carbocycles. The lowest BCUT2D eigenvalue weighted by atomic mass is 9.97. The number of carbonyl (C=O) groups excluding carboxylic acids is 1. The predicted octanol–water partition coefficient (Wildman–Crippen LogP) is 2.06. The Bertz CT molecular complexity index is 471. The summed E-state index contributed by atoms with van der Waals surface area (Å²) in [5.74, 6) is 0.886. The van der Waals surface area contributed by atoms with Crippen molar-refractivity contribution in [2.24, 2.45) is 5.73 Å². The first kappa shape index (κ1) is 13.3. The lowest BCUT2D eigenvalue weighted by Gasteiger charge is -2.27. The van der Waals surface area contributed by atoms with Crippen LogP contribution < -0.4 is 15.8 Å². The largest absolute Gasteiger partial charge is 0.477 e. The van der Waals surface area contributed by atoms with Gasteiger partial charge >= 0.3 is 0 Å². The molecule has 1 unspecified atom stereocenters. The summed E-state index contributed by atoms with van der Waals surface area (Å²) >= 11 is 3.32. The summed E-state index contributed by atoms with van der Waals surface area (Å²) in [6.45, 7) is 3.86. The Morgan fingerprint density at radius 1 is 1.61 bits per heavy atom. The van der Waals surface area contributed by atoms with Gasteiger partial charge in [0.2, 0.25) is 0 Å². The third kappa shape index (κ3) is 3.20. The van der Waals surface area contributed by atoms with Crippen LogP contribution in [0.25, 0.3) is 0 Å². The van der Waals surface area contributed by atoms with Crippen molar-refractivity contribution in [3.63, 3.8) is 0 Å². The molecule has 0 aromatic carbocycles. The van der Waals surface area contributed by atoms with E-state index in [9.17, 15) is 4.79 Å². The average Bonchev–Trinajstić information content (AvgIpc) is 2.26. The molecule has 1 aliphatic rings. The normalized spacial score (nSPS) is 18.9. The number of rotatable bonds is 3. The van der Waals surface area contributed by atoms with Gasteiger partial charge in [0, 0.05) is 16.2 Å². The molecule has 2 heterocycles. The number of ether oxygens (including phenoxy) is 1. The molecular weight excluding hydrogens is 298 g/mol. The minimum Gasteiger partial charge on any atom is -0.477 e. The number of halogens is 1. The molecule has 1 aliphatic heterocycles. The zero-order valence-corrected chi connectivity index (χ0v) is 12.0. The van der Waals surface area contributed by atoms with E-state index < -0.39 is 6.10 Å². The Kier molecular flexibility index (Phi) is 3.59. The number of amides is 1. The van der Waals surface area contributed by atoms with Gasteiger partial charge < -0.3 is 15.8 Å². The molecule has 0 saturated heterocycles. The van der Waals surface area contributed by atoms with Crippen molar-refractivity contribution < 1.29 is 9.53 Å². The molecule has 0 radical (unpaired) electrons. The lowest BCUT2D eigenvalue weighted by Crippen LogP contribution is -2.40. The Balaban J connectivity index is 2.10. The van der Waals surface area contributed by atoms with Gasteiger partial charge in [-0.1, -0.05) is 0 Å². The number of hydrogen-bond donors (Lipinski definition) is 2. The van der Waals surface area contributed by atoms with Crippen molar-refractivity contribution in [1.82, 2.24) is 4.98 Å². The number of nitrogens with one attached hydrogen (secondary N) is 1. The van der Waals surface area contributed by atoms with Crippen LogP contribution in [0.2, 0.25) is 0 Å². The molecule has 1 atom stereocenters. The van der Waals surface area contributed by atoms with Crippen LogP contribution in [0.4, 0.5) is 5.82 Å². The van der Waals surface area contributed by atoms with Crippen molar-refractivity contribution >= 4 is 27.7 Å². The van der Waals surface area contributed by atoms with E-state index >= 15 is 0 Å². The Hall–Kier alpha value is -1.14. The molecule has 98 valence electrons. The smallest absolute Gasteiger partial charge is 0.266 e. The number of carbonyl (C=O) groups is 1. The summed E-state index contributed by atoms with van der Waals surface area (Å²) in [6.07, 6.45) is 2.41. The number of anilines is 1. The quantitative estimate of drug-likeness (QED) is 0.895. The molecule has 1 aromatic heterocycles. The van der Waals surface area contributed by atoms with Gasteiger partial charge in [-0.05, 0) is 48.7 Å². The van der Waals surface area contributed by atoms with E-state index in [1.807, 2.05) is 13.8 Å². The summed E-state index contributed by atoms with van der Waals surface area (Å²) in [5, 5.41) is 2.74. The molecule has 3 N–H and O–H groups in total. The molecule has 1 aromatic rings. The summed E-state index contributed by atoms with van der Waals surface area (Å²) in [4.78, 5) is 15.9. The van der Waals surface area contributed by atoms with Gasteiger partial charge in [0.1, 0.15) is 0 Å². The fourth-order valence-corrected chi connectivity index (χ4v) is 2.01. The fourth-order valence-electron chi connectivity index (χ4n) is 1.70. The van der Waals surface area contributed by atoms with E-state index in [1.165, 1.54) is 0 Å². The van der Waals surface area contributed by atoms with E-state index in [-0.39, 0.29) is 11.4 Å².